The Bertz CT molecular complexity index is 604. The van der Waals surface area contributed by atoms with Crippen molar-refractivity contribution in [2.75, 3.05) is 26.7 Å². The van der Waals surface area contributed by atoms with E-state index in [2.05, 4.69) is 46.7 Å². The predicted octanol–water partition coefficient (Wildman–Crippen LogP) is 1.55. The van der Waals surface area contributed by atoms with E-state index in [-0.39, 0.29) is 17.4 Å². The maximum absolute atomic E-state index is 12.7. The van der Waals surface area contributed by atoms with Gasteiger partial charge in [-0.15, -0.1) is 0 Å². The molecule has 0 bridgehead atoms. The second-order valence-electron chi connectivity index (χ2n) is 6.38. The van der Waals surface area contributed by atoms with Crippen molar-refractivity contribution in [2.45, 2.75) is 24.4 Å². The molecular weight excluding hydrogens is 262 g/mol. The Morgan fingerprint density at radius 2 is 1.95 bits per heavy atom. The van der Waals surface area contributed by atoms with Gasteiger partial charge in [0.15, 0.2) is 5.78 Å². The van der Waals surface area contributed by atoms with Crippen LogP contribution in [0.3, 0.4) is 0 Å². The summed E-state index contributed by atoms with van der Waals surface area (Å²) in [5, 5.41) is 3.47. The highest BCUT2D eigenvalue weighted by atomic mass is 16.1. The van der Waals surface area contributed by atoms with Crippen LogP contribution >= 0.6 is 0 Å². The van der Waals surface area contributed by atoms with Crippen molar-refractivity contribution in [3.05, 3.63) is 47.8 Å². The van der Waals surface area contributed by atoms with Gasteiger partial charge < -0.3 is 15.1 Å². The lowest BCUT2D eigenvalue weighted by molar-refractivity contribution is 0.0618. The molecule has 3 heterocycles. The first-order valence-electron chi connectivity index (χ1n) is 7.72. The average molecular weight is 283 g/mol. The molecule has 4 nitrogen and oxygen atoms in total. The van der Waals surface area contributed by atoms with Crippen LogP contribution in [-0.4, -0.2) is 48.4 Å². The van der Waals surface area contributed by atoms with E-state index in [1.54, 1.807) is 0 Å². The van der Waals surface area contributed by atoms with Gasteiger partial charge in [0, 0.05) is 30.4 Å². The van der Waals surface area contributed by atoms with Gasteiger partial charge in [-0.2, -0.15) is 0 Å². The smallest absolute Gasteiger partial charge is 0.182 e. The summed E-state index contributed by atoms with van der Waals surface area (Å²) in [5.41, 5.74) is 2.21. The van der Waals surface area contributed by atoms with Gasteiger partial charge in [0.25, 0.3) is 0 Å². The number of carbonyl (C=O) groups excluding carboxylic acids is 1. The van der Waals surface area contributed by atoms with E-state index >= 15 is 0 Å². The molecule has 1 aromatic rings. The van der Waals surface area contributed by atoms with Gasteiger partial charge in [-0.1, -0.05) is 24.3 Å². The normalized spacial score (nSPS) is 26.7. The average Bonchev–Trinajstić information content (AvgIpc) is 2.85. The van der Waals surface area contributed by atoms with Gasteiger partial charge in [-0.3, -0.25) is 4.79 Å². The number of nitrogens with one attached hydrogen (secondary N) is 1. The molecule has 1 unspecified atom stereocenters. The van der Waals surface area contributed by atoms with Gasteiger partial charge in [-0.25, -0.2) is 0 Å². The maximum atomic E-state index is 12.7. The van der Waals surface area contributed by atoms with Crippen LogP contribution in [0.4, 0.5) is 0 Å². The molecule has 1 aromatic carbocycles. The van der Waals surface area contributed by atoms with Crippen LogP contribution in [0.2, 0.25) is 0 Å². The summed E-state index contributed by atoms with van der Waals surface area (Å²) in [7, 11) is 2.13. The fourth-order valence-corrected chi connectivity index (χ4v) is 4.39. The van der Waals surface area contributed by atoms with Crippen molar-refractivity contribution in [3.8, 4) is 0 Å². The molecule has 0 amide bonds. The summed E-state index contributed by atoms with van der Waals surface area (Å²) in [6.07, 6.45) is 6.59. The third-order valence-electron chi connectivity index (χ3n) is 5.27. The van der Waals surface area contributed by atoms with Crippen LogP contribution in [-0.2, 0) is 5.41 Å². The van der Waals surface area contributed by atoms with Crippen molar-refractivity contribution in [2.24, 2.45) is 0 Å². The summed E-state index contributed by atoms with van der Waals surface area (Å²) in [6, 6.07) is 8.25. The van der Waals surface area contributed by atoms with Gasteiger partial charge in [-0.05, 0) is 31.5 Å². The summed E-state index contributed by atoms with van der Waals surface area (Å²) >= 11 is 0. The highest BCUT2D eigenvalue weighted by Crippen LogP contribution is 2.45. The number of benzene rings is 1. The Hall–Kier alpha value is -1.81. The summed E-state index contributed by atoms with van der Waals surface area (Å²) < 4.78 is 0. The first-order chi connectivity index (χ1) is 10.2. The molecule has 1 fully saturated rings. The molecule has 0 radical (unpaired) electrons. The van der Waals surface area contributed by atoms with Gasteiger partial charge in [0.05, 0.1) is 6.54 Å². The lowest BCUT2D eigenvalue weighted by Gasteiger charge is -2.47. The molecule has 0 aromatic heterocycles. The quantitative estimate of drug-likeness (QED) is 0.783. The summed E-state index contributed by atoms with van der Waals surface area (Å²) in [4.78, 5) is 17.2. The minimum absolute atomic E-state index is 0.0340. The van der Waals surface area contributed by atoms with E-state index in [0.29, 0.717) is 6.54 Å². The number of Topliss-reactive ketones (excluding diaryl/α,β-unsaturated/α-hetero) is 1. The van der Waals surface area contributed by atoms with E-state index in [9.17, 15) is 4.79 Å². The van der Waals surface area contributed by atoms with Crippen molar-refractivity contribution < 1.29 is 4.79 Å². The molecule has 1 saturated heterocycles. The van der Waals surface area contributed by atoms with Crippen molar-refractivity contribution in [1.82, 2.24) is 15.1 Å². The number of rotatable bonds is 0. The molecule has 3 aliphatic heterocycles. The lowest BCUT2D eigenvalue weighted by atomic mass is 9.69. The Morgan fingerprint density at radius 1 is 1.19 bits per heavy atom. The minimum atomic E-state index is 0.0340. The number of ketones is 1. The number of carbonyl (C=O) groups is 1. The second-order valence-corrected chi connectivity index (χ2v) is 6.38. The van der Waals surface area contributed by atoms with E-state index in [1.807, 2.05) is 12.1 Å². The Morgan fingerprint density at radius 3 is 2.76 bits per heavy atom. The van der Waals surface area contributed by atoms with E-state index in [4.69, 9.17) is 0 Å². The summed E-state index contributed by atoms with van der Waals surface area (Å²) in [5.74, 6) is 0.242. The highest BCUT2D eigenvalue weighted by Gasteiger charge is 2.50. The fourth-order valence-electron chi connectivity index (χ4n) is 4.39. The van der Waals surface area contributed by atoms with Crippen LogP contribution in [0.1, 0.15) is 28.8 Å². The Labute approximate surface area is 125 Å². The minimum Gasteiger partial charge on any atom is -0.358 e. The molecule has 0 aliphatic carbocycles. The van der Waals surface area contributed by atoms with Crippen molar-refractivity contribution >= 4 is 5.78 Å². The maximum Gasteiger partial charge on any atom is 0.182 e. The number of piperidine rings is 1. The SMILES string of the molecule is CN1C=CN2CC(=O)c3ccccc3C3(CCNCC3)C12. The van der Waals surface area contributed by atoms with Gasteiger partial charge in [0.1, 0.15) is 6.17 Å². The largest absolute Gasteiger partial charge is 0.358 e. The lowest BCUT2D eigenvalue weighted by Crippen LogP contribution is -2.56. The number of nitrogens with zero attached hydrogens (tertiary/aromatic N) is 2. The number of hydrogen-bond acceptors (Lipinski definition) is 4. The second kappa shape index (κ2) is 4.60. The van der Waals surface area contributed by atoms with Crippen LogP contribution in [0.5, 0.6) is 0 Å². The molecule has 3 aliphatic rings. The van der Waals surface area contributed by atoms with E-state index < -0.39 is 0 Å². The van der Waals surface area contributed by atoms with E-state index in [1.165, 1.54) is 5.56 Å². The highest BCUT2D eigenvalue weighted by molar-refractivity contribution is 6.00. The Kier molecular flexibility index (Phi) is 2.82. The Balaban J connectivity index is 1.93. The molecule has 1 spiro atoms. The first-order valence-corrected chi connectivity index (χ1v) is 7.72. The molecule has 1 atom stereocenters. The zero-order chi connectivity index (χ0) is 14.4. The molecular formula is C17H21N3O. The number of fused-ring (bicyclic) bond motifs is 4. The van der Waals surface area contributed by atoms with Crippen molar-refractivity contribution in [3.63, 3.8) is 0 Å². The van der Waals surface area contributed by atoms with Gasteiger partial charge >= 0.3 is 0 Å². The molecule has 0 saturated carbocycles. The monoisotopic (exact) mass is 283 g/mol. The van der Waals surface area contributed by atoms with E-state index in [0.717, 1.165) is 31.5 Å². The van der Waals surface area contributed by atoms with Gasteiger partial charge in [0.2, 0.25) is 0 Å². The molecule has 4 heteroatoms. The van der Waals surface area contributed by atoms with Crippen LogP contribution in [0.15, 0.2) is 36.7 Å². The first kappa shape index (κ1) is 12.9. The zero-order valence-electron chi connectivity index (χ0n) is 12.4. The molecule has 110 valence electrons. The van der Waals surface area contributed by atoms with Crippen LogP contribution < -0.4 is 5.32 Å². The van der Waals surface area contributed by atoms with Crippen LogP contribution in [0.25, 0.3) is 0 Å². The summed E-state index contributed by atoms with van der Waals surface area (Å²) in [6.45, 7) is 2.51. The fraction of sp³-hybridized carbons (Fsp3) is 0.471. The topological polar surface area (TPSA) is 35.6 Å². The zero-order valence-corrected chi connectivity index (χ0v) is 12.4. The third-order valence-corrected chi connectivity index (χ3v) is 5.27. The molecule has 1 N–H and O–H groups in total. The van der Waals surface area contributed by atoms with Crippen LogP contribution in [0, 0.1) is 0 Å². The third kappa shape index (κ3) is 1.75. The number of likely N-dealkylation sites (N-methyl/N-ethyl adjacent to an activating group) is 1. The standard InChI is InChI=1S/C17H21N3O/c1-19-10-11-20-12-15(21)13-4-2-3-5-14(13)17(16(19)20)6-8-18-9-7-17/h2-5,10-11,16,18H,6-9,12H2,1H3. The number of hydrogen-bond donors (Lipinski definition) is 1. The molecule has 4 rings (SSSR count). The molecule has 21 heavy (non-hydrogen) atoms. The predicted molar refractivity (Wildman–Crippen MR) is 82.0 cm³/mol. The van der Waals surface area contributed by atoms with Crippen molar-refractivity contribution in [1.29, 1.82) is 0 Å².